The summed E-state index contributed by atoms with van der Waals surface area (Å²) in [6.45, 7) is 0.505. The maximum atomic E-state index is 13.0. The van der Waals surface area contributed by atoms with Gasteiger partial charge in [-0.15, -0.1) is 0 Å². The number of halogens is 2. The van der Waals surface area contributed by atoms with Gasteiger partial charge in [0.25, 0.3) is 5.91 Å². The van der Waals surface area contributed by atoms with E-state index in [4.69, 9.17) is 0 Å². The van der Waals surface area contributed by atoms with Gasteiger partial charge in [0.05, 0.1) is 6.10 Å². The lowest BCUT2D eigenvalue weighted by atomic mass is 9.87. The van der Waals surface area contributed by atoms with E-state index in [-0.39, 0.29) is 11.7 Å². The zero-order chi connectivity index (χ0) is 13.8. The summed E-state index contributed by atoms with van der Waals surface area (Å²) in [5, 5.41) is 12.1. The highest BCUT2D eigenvalue weighted by Gasteiger charge is 2.20. The number of hydrogen-bond acceptors (Lipinski definition) is 2. The largest absolute Gasteiger partial charge is 0.393 e. The maximum Gasteiger partial charge on any atom is 0.251 e. The second-order valence-corrected chi connectivity index (χ2v) is 5.01. The molecular formula is C14H17F2NO2. The van der Waals surface area contributed by atoms with E-state index in [1.807, 2.05) is 0 Å². The van der Waals surface area contributed by atoms with E-state index in [2.05, 4.69) is 5.32 Å². The van der Waals surface area contributed by atoms with Gasteiger partial charge in [-0.2, -0.15) is 0 Å². The SMILES string of the molecule is O=C(NCC1CCC(O)CC1)c1ccc(F)c(F)c1. The number of carbonyl (C=O) groups excluding carboxylic acids is 1. The molecule has 0 aromatic heterocycles. The molecule has 1 amide bonds. The Bertz CT molecular complexity index is 457. The quantitative estimate of drug-likeness (QED) is 0.884. The van der Waals surface area contributed by atoms with E-state index in [9.17, 15) is 18.7 Å². The average Bonchev–Trinajstić information content (AvgIpc) is 2.41. The Hall–Kier alpha value is -1.49. The van der Waals surface area contributed by atoms with Gasteiger partial charge in [0.15, 0.2) is 11.6 Å². The number of aliphatic hydroxyl groups is 1. The number of rotatable bonds is 3. The molecule has 1 aliphatic carbocycles. The molecule has 0 aliphatic heterocycles. The molecule has 1 saturated carbocycles. The van der Waals surface area contributed by atoms with E-state index in [0.29, 0.717) is 12.5 Å². The summed E-state index contributed by atoms with van der Waals surface area (Å²) in [6.07, 6.45) is 3.04. The smallest absolute Gasteiger partial charge is 0.251 e. The van der Waals surface area contributed by atoms with Crippen molar-refractivity contribution in [2.75, 3.05) is 6.54 Å². The van der Waals surface area contributed by atoms with Gasteiger partial charge < -0.3 is 10.4 Å². The molecule has 0 atom stereocenters. The van der Waals surface area contributed by atoms with Crippen LogP contribution in [0.5, 0.6) is 0 Å². The Morgan fingerprint density at radius 2 is 1.89 bits per heavy atom. The molecule has 0 bridgehead atoms. The highest BCUT2D eigenvalue weighted by atomic mass is 19.2. The van der Waals surface area contributed by atoms with Crippen LogP contribution in [0.15, 0.2) is 18.2 Å². The van der Waals surface area contributed by atoms with Crippen LogP contribution in [0, 0.1) is 17.6 Å². The first-order valence-electron chi connectivity index (χ1n) is 6.47. The molecule has 0 radical (unpaired) electrons. The molecule has 1 aromatic rings. The van der Waals surface area contributed by atoms with Crippen LogP contribution >= 0.6 is 0 Å². The minimum Gasteiger partial charge on any atom is -0.393 e. The summed E-state index contributed by atoms with van der Waals surface area (Å²) in [6, 6.07) is 3.11. The van der Waals surface area contributed by atoms with Gasteiger partial charge in [0.2, 0.25) is 0 Å². The maximum absolute atomic E-state index is 13.0. The van der Waals surface area contributed by atoms with E-state index >= 15 is 0 Å². The van der Waals surface area contributed by atoms with Crippen LogP contribution in [0.4, 0.5) is 8.78 Å². The van der Waals surface area contributed by atoms with Crippen LogP contribution < -0.4 is 5.32 Å². The fourth-order valence-corrected chi connectivity index (χ4v) is 2.33. The number of amides is 1. The van der Waals surface area contributed by atoms with Crippen molar-refractivity contribution in [3.63, 3.8) is 0 Å². The topological polar surface area (TPSA) is 49.3 Å². The monoisotopic (exact) mass is 269 g/mol. The Labute approximate surface area is 110 Å². The minimum atomic E-state index is -1.02. The molecule has 1 aliphatic rings. The van der Waals surface area contributed by atoms with Crippen molar-refractivity contribution < 1.29 is 18.7 Å². The van der Waals surface area contributed by atoms with E-state index in [0.717, 1.165) is 37.8 Å². The van der Waals surface area contributed by atoms with Crippen LogP contribution in [-0.2, 0) is 0 Å². The molecule has 1 fully saturated rings. The summed E-state index contributed by atoms with van der Waals surface area (Å²) in [5.41, 5.74) is 0.120. The first kappa shape index (κ1) is 13.9. The van der Waals surface area contributed by atoms with Crippen LogP contribution in [0.1, 0.15) is 36.0 Å². The summed E-state index contributed by atoms with van der Waals surface area (Å²) in [5.74, 6) is -2.03. The summed E-state index contributed by atoms with van der Waals surface area (Å²) >= 11 is 0. The fraction of sp³-hybridized carbons (Fsp3) is 0.500. The number of benzene rings is 1. The number of hydrogen-bond donors (Lipinski definition) is 2. The third kappa shape index (κ3) is 3.73. The van der Waals surface area contributed by atoms with Crippen molar-refractivity contribution in [3.8, 4) is 0 Å². The molecule has 2 N–H and O–H groups in total. The fourth-order valence-electron chi connectivity index (χ4n) is 2.33. The van der Waals surface area contributed by atoms with Crippen molar-refractivity contribution in [1.29, 1.82) is 0 Å². The molecule has 5 heteroatoms. The lowest BCUT2D eigenvalue weighted by molar-refractivity contribution is 0.0910. The Balaban J connectivity index is 1.85. The first-order chi connectivity index (χ1) is 9.06. The van der Waals surface area contributed by atoms with Crippen molar-refractivity contribution in [2.24, 2.45) is 5.92 Å². The molecule has 2 rings (SSSR count). The van der Waals surface area contributed by atoms with Crippen molar-refractivity contribution in [2.45, 2.75) is 31.8 Å². The Morgan fingerprint density at radius 1 is 1.21 bits per heavy atom. The molecule has 0 spiro atoms. The van der Waals surface area contributed by atoms with Crippen LogP contribution in [-0.4, -0.2) is 23.7 Å². The Morgan fingerprint density at radius 3 is 2.53 bits per heavy atom. The third-order valence-corrected chi connectivity index (χ3v) is 3.55. The predicted molar refractivity (Wildman–Crippen MR) is 66.7 cm³/mol. The van der Waals surface area contributed by atoms with Gasteiger partial charge in [-0.25, -0.2) is 8.78 Å². The molecule has 19 heavy (non-hydrogen) atoms. The second-order valence-electron chi connectivity index (χ2n) is 5.01. The van der Waals surface area contributed by atoms with Gasteiger partial charge in [-0.1, -0.05) is 0 Å². The lowest BCUT2D eigenvalue weighted by Gasteiger charge is -2.25. The Kier molecular flexibility index (Phi) is 4.47. The van der Waals surface area contributed by atoms with Crippen molar-refractivity contribution in [1.82, 2.24) is 5.32 Å². The second kappa shape index (κ2) is 6.10. The summed E-state index contributed by atoms with van der Waals surface area (Å²) < 4.78 is 25.7. The number of nitrogens with one attached hydrogen (secondary N) is 1. The average molecular weight is 269 g/mol. The van der Waals surface area contributed by atoms with E-state index < -0.39 is 17.5 Å². The van der Waals surface area contributed by atoms with E-state index in [1.54, 1.807) is 0 Å². The summed E-state index contributed by atoms with van der Waals surface area (Å²) in [4.78, 5) is 11.8. The van der Waals surface area contributed by atoms with Gasteiger partial charge >= 0.3 is 0 Å². The molecule has 0 unspecified atom stereocenters. The molecule has 1 aromatic carbocycles. The highest BCUT2D eigenvalue weighted by molar-refractivity contribution is 5.94. The first-order valence-corrected chi connectivity index (χ1v) is 6.47. The lowest BCUT2D eigenvalue weighted by Crippen LogP contribution is -2.32. The molecule has 0 heterocycles. The zero-order valence-electron chi connectivity index (χ0n) is 10.5. The third-order valence-electron chi connectivity index (χ3n) is 3.55. The van der Waals surface area contributed by atoms with E-state index in [1.165, 1.54) is 6.07 Å². The minimum absolute atomic E-state index is 0.120. The van der Waals surface area contributed by atoms with Crippen molar-refractivity contribution in [3.05, 3.63) is 35.4 Å². The number of carbonyl (C=O) groups is 1. The molecular weight excluding hydrogens is 252 g/mol. The standard InChI is InChI=1S/C14H17F2NO2/c15-12-6-3-10(7-13(12)16)14(19)17-8-9-1-4-11(18)5-2-9/h3,6-7,9,11,18H,1-2,4-5,8H2,(H,17,19). The molecule has 104 valence electrons. The van der Waals surface area contributed by atoms with Crippen LogP contribution in [0.25, 0.3) is 0 Å². The van der Waals surface area contributed by atoms with Crippen molar-refractivity contribution >= 4 is 5.91 Å². The zero-order valence-corrected chi connectivity index (χ0v) is 10.5. The highest BCUT2D eigenvalue weighted by Crippen LogP contribution is 2.23. The predicted octanol–water partition coefficient (Wildman–Crippen LogP) is 2.25. The van der Waals surface area contributed by atoms with Gasteiger partial charge in [-0.3, -0.25) is 4.79 Å². The van der Waals surface area contributed by atoms with Crippen LogP contribution in [0.2, 0.25) is 0 Å². The summed E-state index contributed by atoms with van der Waals surface area (Å²) in [7, 11) is 0. The van der Waals surface area contributed by atoms with Crippen LogP contribution in [0.3, 0.4) is 0 Å². The van der Waals surface area contributed by atoms with Gasteiger partial charge in [-0.05, 0) is 49.8 Å². The number of aliphatic hydroxyl groups excluding tert-OH is 1. The van der Waals surface area contributed by atoms with Gasteiger partial charge in [0, 0.05) is 12.1 Å². The normalized spacial score (nSPS) is 23.1. The molecule has 0 saturated heterocycles. The molecule has 3 nitrogen and oxygen atoms in total. The van der Waals surface area contributed by atoms with Gasteiger partial charge in [0.1, 0.15) is 0 Å².